The molecule has 0 saturated carbocycles. The lowest BCUT2D eigenvalue weighted by Crippen LogP contribution is -2.23. The van der Waals surface area contributed by atoms with E-state index in [9.17, 15) is 4.79 Å². The largest absolute Gasteiger partial charge is 0.348 e. The standard InChI is InChI=1S/C17H13ClN2O/c18-15-7-3-1-5-12(15)11-20-17(21)14-9-10-19-16-8-4-2-6-13(14)16/h1-10H,11H2,(H,20,21). The van der Waals surface area contributed by atoms with Crippen molar-refractivity contribution in [2.45, 2.75) is 6.54 Å². The number of nitrogens with zero attached hydrogens (tertiary/aromatic N) is 1. The highest BCUT2D eigenvalue weighted by atomic mass is 35.5. The number of fused-ring (bicyclic) bond motifs is 1. The number of hydrogen-bond donors (Lipinski definition) is 1. The van der Waals surface area contributed by atoms with Gasteiger partial charge >= 0.3 is 0 Å². The second kappa shape index (κ2) is 5.94. The molecule has 0 atom stereocenters. The van der Waals surface area contributed by atoms with Gasteiger partial charge < -0.3 is 5.32 Å². The number of carbonyl (C=O) groups is 1. The van der Waals surface area contributed by atoms with Gasteiger partial charge in [0.15, 0.2) is 0 Å². The molecular weight excluding hydrogens is 284 g/mol. The summed E-state index contributed by atoms with van der Waals surface area (Å²) in [7, 11) is 0. The quantitative estimate of drug-likeness (QED) is 0.798. The number of hydrogen-bond acceptors (Lipinski definition) is 2. The molecule has 0 aliphatic rings. The van der Waals surface area contributed by atoms with E-state index in [0.717, 1.165) is 16.5 Å². The summed E-state index contributed by atoms with van der Waals surface area (Å²) in [5, 5.41) is 4.39. The Morgan fingerprint density at radius 3 is 2.67 bits per heavy atom. The SMILES string of the molecule is O=C(NCc1ccccc1Cl)c1ccnc2ccccc12. The van der Waals surface area contributed by atoms with E-state index in [4.69, 9.17) is 11.6 Å². The molecule has 21 heavy (non-hydrogen) atoms. The third kappa shape index (κ3) is 2.88. The summed E-state index contributed by atoms with van der Waals surface area (Å²) in [6.07, 6.45) is 1.65. The van der Waals surface area contributed by atoms with Gasteiger partial charge in [0.1, 0.15) is 0 Å². The smallest absolute Gasteiger partial charge is 0.252 e. The minimum atomic E-state index is -0.131. The van der Waals surface area contributed by atoms with Gasteiger partial charge in [0.25, 0.3) is 5.91 Å². The van der Waals surface area contributed by atoms with Crippen LogP contribution in [0.15, 0.2) is 60.8 Å². The van der Waals surface area contributed by atoms with Crippen molar-refractivity contribution >= 4 is 28.4 Å². The number of amides is 1. The molecule has 0 unspecified atom stereocenters. The predicted octanol–water partition coefficient (Wildman–Crippen LogP) is 3.82. The van der Waals surface area contributed by atoms with Crippen LogP contribution < -0.4 is 5.32 Å². The summed E-state index contributed by atoms with van der Waals surface area (Å²) < 4.78 is 0. The molecule has 1 aromatic heterocycles. The predicted molar refractivity (Wildman–Crippen MR) is 84.4 cm³/mol. The summed E-state index contributed by atoms with van der Waals surface area (Å²) >= 11 is 6.09. The molecule has 0 radical (unpaired) electrons. The molecule has 1 heterocycles. The van der Waals surface area contributed by atoms with Gasteiger partial charge in [0, 0.05) is 23.2 Å². The van der Waals surface area contributed by atoms with E-state index >= 15 is 0 Å². The van der Waals surface area contributed by atoms with Gasteiger partial charge in [0.05, 0.1) is 11.1 Å². The van der Waals surface area contributed by atoms with Gasteiger partial charge in [0.2, 0.25) is 0 Å². The molecule has 4 heteroatoms. The van der Waals surface area contributed by atoms with Crippen LogP contribution in [0.4, 0.5) is 0 Å². The van der Waals surface area contributed by atoms with Crippen LogP contribution in [0.25, 0.3) is 10.9 Å². The Hall–Kier alpha value is -2.39. The molecule has 3 aromatic rings. The van der Waals surface area contributed by atoms with Gasteiger partial charge in [-0.3, -0.25) is 9.78 Å². The van der Waals surface area contributed by atoms with Crippen LogP contribution in [0.2, 0.25) is 5.02 Å². The summed E-state index contributed by atoms with van der Waals surface area (Å²) in [6, 6.07) is 16.8. The number of benzene rings is 2. The van der Waals surface area contributed by atoms with Gasteiger partial charge in [-0.15, -0.1) is 0 Å². The number of nitrogens with one attached hydrogen (secondary N) is 1. The zero-order chi connectivity index (χ0) is 14.7. The molecule has 2 aromatic carbocycles. The fourth-order valence-corrected chi connectivity index (χ4v) is 2.41. The van der Waals surface area contributed by atoms with Crippen LogP contribution in [0.3, 0.4) is 0 Å². The maximum atomic E-state index is 12.4. The third-order valence-corrected chi connectivity index (χ3v) is 3.66. The Labute approximate surface area is 127 Å². The molecule has 104 valence electrons. The second-order valence-electron chi connectivity index (χ2n) is 4.65. The lowest BCUT2D eigenvalue weighted by Gasteiger charge is -2.08. The van der Waals surface area contributed by atoms with E-state index in [1.54, 1.807) is 12.3 Å². The van der Waals surface area contributed by atoms with Crippen molar-refractivity contribution in [2.75, 3.05) is 0 Å². The van der Waals surface area contributed by atoms with Crippen LogP contribution >= 0.6 is 11.6 Å². The molecule has 0 spiro atoms. The molecular formula is C17H13ClN2O. The van der Waals surface area contributed by atoms with Crippen molar-refractivity contribution < 1.29 is 4.79 Å². The van der Waals surface area contributed by atoms with E-state index in [1.165, 1.54) is 0 Å². The highest BCUT2D eigenvalue weighted by Gasteiger charge is 2.10. The first-order chi connectivity index (χ1) is 10.3. The van der Waals surface area contributed by atoms with E-state index < -0.39 is 0 Å². The number of rotatable bonds is 3. The molecule has 3 nitrogen and oxygen atoms in total. The van der Waals surface area contributed by atoms with Gasteiger partial charge in [-0.1, -0.05) is 48.0 Å². The molecule has 0 saturated heterocycles. The maximum Gasteiger partial charge on any atom is 0.252 e. The van der Waals surface area contributed by atoms with E-state index in [0.29, 0.717) is 17.1 Å². The fraction of sp³-hybridized carbons (Fsp3) is 0.0588. The first kappa shape index (κ1) is 13.6. The average molecular weight is 297 g/mol. The summed E-state index contributed by atoms with van der Waals surface area (Å²) in [4.78, 5) is 16.6. The summed E-state index contributed by atoms with van der Waals surface area (Å²) in [5.41, 5.74) is 2.32. The first-order valence-electron chi connectivity index (χ1n) is 6.61. The van der Waals surface area contributed by atoms with Crippen LogP contribution in [-0.2, 0) is 6.54 Å². The Morgan fingerprint density at radius 2 is 1.81 bits per heavy atom. The molecule has 0 aliphatic carbocycles. The Kier molecular flexibility index (Phi) is 3.84. The Bertz CT molecular complexity index is 796. The number of aromatic nitrogens is 1. The topological polar surface area (TPSA) is 42.0 Å². The first-order valence-corrected chi connectivity index (χ1v) is 6.99. The number of halogens is 1. The molecule has 3 rings (SSSR count). The molecule has 1 N–H and O–H groups in total. The zero-order valence-corrected chi connectivity index (χ0v) is 12.0. The highest BCUT2D eigenvalue weighted by Crippen LogP contribution is 2.17. The van der Waals surface area contributed by atoms with Gasteiger partial charge in [-0.05, 0) is 23.8 Å². The van der Waals surface area contributed by atoms with Crippen molar-refractivity contribution in [3.05, 3.63) is 76.9 Å². The van der Waals surface area contributed by atoms with Gasteiger partial charge in [-0.25, -0.2) is 0 Å². The van der Waals surface area contributed by atoms with Crippen molar-refractivity contribution in [1.29, 1.82) is 0 Å². The average Bonchev–Trinajstić information content (AvgIpc) is 2.53. The van der Waals surface area contributed by atoms with Crippen LogP contribution in [0, 0.1) is 0 Å². The van der Waals surface area contributed by atoms with Crippen molar-refractivity contribution in [1.82, 2.24) is 10.3 Å². The van der Waals surface area contributed by atoms with E-state index in [2.05, 4.69) is 10.3 Å². The minimum absolute atomic E-state index is 0.131. The zero-order valence-electron chi connectivity index (χ0n) is 11.2. The fourth-order valence-electron chi connectivity index (χ4n) is 2.21. The second-order valence-corrected chi connectivity index (χ2v) is 5.06. The van der Waals surface area contributed by atoms with Crippen molar-refractivity contribution in [2.24, 2.45) is 0 Å². The van der Waals surface area contributed by atoms with Crippen LogP contribution in [-0.4, -0.2) is 10.9 Å². The summed E-state index contributed by atoms with van der Waals surface area (Å²) in [5.74, 6) is -0.131. The number of pyridine rings is 1. The molecule has 0 aliphatic heterocycles. The summed E-state index contributed by atoms with van der Waals surface area (Å²) in [6.45, 7) is 0.398. The van der Waals surface area contributed by atoms with E-state index in [1.807, 2.05) is 48.5 Å². The van der Waals surface area contributed by atoms with Crippen LogP contribution in [0.1, 0.15) is 15.9 Å². The van der Waals surface area contributed by atoms with Crippen LogP contribution in [0.5, 0.6) is 0 Å². The molecule has 1 amide bonds. The van der Waals surface area contributed by atoms with Gasteiger partial charge in [-0.2, -0.15) is 0 Å². The Balaban J connectivity index is 1.83. The normalized spacial score (nSPS) is 10.5. The maximum absolute atomic E-state index is 12.4. The minimum Gasteiger partial charge on any atom is -0.348 e. The molecule has 0 bridgehead atoms. The van der Waals surface area contributed by atoms with E-state index in [-0.39, 0.29) is 5.91 Å². The van der Waals surface area contributed by atoms with Crippen molar-refractivity contribution in [3.63, 3.8) is 0 Å². The highest BCUT2D eigenvalue weighted by molar-refractivity contribution is 6.31. The monoisotopic (exact) mass is 296 g/mol. The van der Waals surface area contributed by atoms with Crippen molar-refractivity contribution in [3.8, 4) is 0 Å². The molecule has 0 fully saturated rings. The lowest BCUT2D eigenvalue weighted by atomic mass is 10.1. The lowest BCUT2D eigenvalue weighted by molar-refractivity contribution is 0.0952. The number of para-hydroxylation sites is 1. The Morgan fingerprint density at radius 1 is 1.05 bits per heavy atom. The third-order valence-electron chi connectivity index (χ3n) is 3.29. The number of carbonyl (C=O) groups excluding carboxylic acids is 1.